The largest absolute Gasteiger partial charge is 0.381 e. The van der Waals surface area contributed by atoms with Gasteiger partial charge in [0.15, 0.2) is 0 Å². The fourth-order valence-electron chi connectivity index (χ4n) is 4.70. The zero-order valence-electron chi connectivity index (χ0n) is 15.1. The average molecular weight is 361 g/mol. The lowest BCUT2D eigenvalue weighted by atomic mass is 9.81. The lowest BCUT2D eigenvalue weighted by Gasteiger charge is -2.39. The molecule has 3 atom stereocenters. The van der Waals surface area contributed by atoms with Crippen molar-refractivity contribution in [3.05, 3.63) is 35.6 Å². The van der Waals surface area contributed by atoms with Crippen molar-refractivity contribution in [1.82, 2.24) is 15.8 Å². The second-order valence-electron chi connectivity index (χ2n) is 7.78. The SMILES string of the molecule is O=C(C1CCOCC1)N1CCCC(C2NNCC2c2ccc(F)cc2)C1. The molecule has 0 bridgehead atoms. The van der Waals surface area contributed by atoms with Crippen molar-refractivity contribution in [2.45, 2.75) is 37.6 Å². The number of carbonyl (C=O) groups is 1. The van der Waals surface area contributed by atoms with Gasteiger partial charge >= 0.3 is 0 Å². The Balaban J connectivity index is 1.43. The fraction of sp³-hybridized carbons (Fsp3) is 0.650. The van der Waals surface area contributed by atoms with E-state index >= 15 is 0 Å². The van der Waals surface area contributed by atoms with Gasteiger partial charge in [0, 0.05) is 50.7 Å². The molecule has 26 heavy (non-hydrogen) atoms. The number of piperidine rings is 1. The van der Waals surface area contributed by atoms with Gasteiger partial charge in [-0.1, -0.05) is 12.1 Å². The van der Waals surface area contributed by atoms with Gasteiger partial charge in [-0.25, -0.2) is 4.39 Å². The number of nitrogens with zero attached hydrogens (tertiary/aromatic N) is 1. The molecule has 142 valence electrons. The fourth-order valence-corrected chi connectivity index (χ4v) is 4.70. The van der Waals surface area contributed by atoms with E-state index < -0.39 is 0 Å². The first-order chi connectivity index (χ1) is 12.7. The zero-order valence-corrected chi connectivity index (χ0v) is 15.1. The highest BCUT2D eigenvalue weighted by molar-refractivity contribution is 5.79. The summed E-state index contributed by atoms with van der Waals surface area (Å²) in [6.45, 7) is 3.92. The highest BCUT2D eigenvalue weighted by atomic mass is 19.1. The Morgan fingerprint density at radius 2 is 1.92 bits per heavy atom. The standard InChI is InChI=1S/C20H28FN3O2/c21-17-5-3-14(4-6-17)18-12-22-23-19(18)16-2-1-9-24(13-16)20(25)15-7-10-26-11-8-15/h3-6,15-16,18-19,22-23H,1-2,7-13H2. The Morgan fingerprint density at radius 1 is 1.15 bits per heavy atom. The van der Waals surface area contributed by atoms with E-state index in [0.29, 0.717) is 31.0 Å². The molecule has 1 aromatic carbocycles. The second-order valence-corrected chi connectivity index (χ2v) is 7.78. The van der Waals surface area contributed by atoms with Gasteiger partial charge < -0.3 is 9.64 Å². The maximum atomic E-state index is 13.3. The van der Waals surface area contributed by atoms with E-state index in [2.05, 4.69) is 15.8 Å². The Morgan fingerprint density at radius 3 is 2.69 bits per heavy atom. The van der Waals surface area contributed by atoms with Crippen molar-refractivity contribution in [2.24, 2.45) is 11.8 Å². The number of benzene rings is 1. The van der Waals surface area contributed by atoms with Gasteiger partial charge in [-0.05, 0) is 49.3 Å². The molecule has 0 aromatic heterocycles. The van der Waals surface area contributed by atoms with Gasteiger partial charge in [0.2, 0.25) is 5.91 Å². The smallest absolute Gasteiger partial charge is 0.225 e. The third-order valence-electron chi connectivity index (χ3n) is 6.17. The van der Waals surface area contributed by atoms with Crippen molar-refractivity contribution in [1.29, 1.82) is 0 Å². The van der Waals surface area contributed by atoms with Crippen LogP contribution in [0.25, 0.3) is 0 Å². The van der Waals surface area contributed by atoms with Gasteiger partial charge in [-0.3, -0.25) is 15.6 Å². The third-order valence-corrected chi connectivity index (χ3v) is 6.17. The number of hydrogen-bond donors (Lipinski definition) is 2. The minimum atomic E-state index is -0.199. The van der Waals surface area contributed by atoms with Crippen LogP contribution in [-0.2, 0) is 9.53 Å². The summed E-state index contributed by atoms with van der Waals surface area (Å²) in [6, 6.07) is 7.11. The molecule has 0 radical (unpaired) electrons. The molecule has 3 aliphatic rings. The summed E-state index contributed by atoms with van der Waals surface area (Å²) in [5, 5.41) is 0. The molecule has 0 spiro atoms. The lowest BCUT2D eigenvalue weighted by molar-refractivity contribution is -0.140. The van der Waals surface area contributed by atoms with E-state index in [4.69, 9.17) is 4.74 Å². The number of amides is 1. The van der Waals surface area contributed by atoms with Crippen LogP contribution in [-0.4, -0.2) is 49.7 Å². The number of ether oxygens (including phenoxy) is 1. The molecule has 0 aliphatic carbocycles. The van der Waals surface area contributed by atoms with E-state index in [1.165, 1.54) is 12.1 Å². The van der Waals surface area contributed by atoms with E-state index in [-0.39, 0.29) is 17.8 Å². The number of hydrogen-bond acceptors (Lipinski definition) is 4. The first kappa shape index (κ1) is 17.9. The van der Waals surface area contributed by atoms with Crippen molar-refractivity contribution in [3.63, 3.8) is 0 Å². The predicted molar refractivity (Wildman–Crippen MR) is 96.9 cm³/mol. The molecule has 3 heterocycles. The molecule has 6 heteroatoms. The summed E-state index contributed by atoms with van der Waals surface area (Å²) in [5.74, 6) is 0.957. The van der Waals surface area contributed by atoms with Crippen molar-refractivity contribution < 1.29 is 13.9 Å². The summed E-state index contributed by atoms with van der Waals surface area (Å²) in [7, 11) is 0. The number of likely N-dealkylation sites (tertiary alicyclic amines) is 1. The molecular formula is C20H28FN3O2. The Kier molecular flexibility index (Phi) is 5.52. The predicted octanol–water partition coefficient (Wildman–Crippen LogP) is 2.05. The molecule has 3 aliphatic heterocycles. The number of nitrogens with one attached hydrogen (secondary N) is 2. The Hall–Kier alpha value is -1.50. The molecule has 0 saturated carbocycles. The number of rotatable bonds is 3. The zero-order chi connectivity index (χ0) is 17.9. The van der Waals surface area contributed by atoms with Gasteiger partial charge in [0.1, 0.15) is 5.82 Å². The van der Waals surface area contributed by atoms with Crippen LogP contribution in [0.2, 0.25) is 0 Å². The van der Waals surface area contributed by atoms with Crippen LogP contribution in [0.15, 0.2) is 24.3 Å². The van der Waals surface area contributed by atoms with Crippen LogP contribution < -0.4 is 10.9 Å². The summed E-state index contributed by atoms with van der Waals surface area (Å²) < 4.78 is 18.7. The van der Waals surface area contributed by atoms with Gasteiger partial charge in [-0.2, -0.15) is 0 Å². The molecule has 2 N–H and O–H groups in total. The molecule has 3 saturated heterocycles. The third kappa shape index (κ3) is 3.77. The van der Waals surface area contributed by atoms with Gasteiger partial charge in [0.05, 0.1) is 0 Å². The minimum Gasteiger partial charge on any atom is -0.381 e. The molecule has 4 rings (SSSR count). The van der Waals surface area contributed by atoms with Gasteiger partial charge in [-0.15, -0.1) is 0 Å². The van der Waals surface area contributed by atoms with E-state index in [1.807, 2.05) is 12.1 Å². The first-order valence-electron chi connectivity index (χ1n) is 9.83. The highest BCUT2D eigenvalue weighted by Crippen LogP contribution is 2.32. The van der Waals surface area contributed by atoms with Crippen LogP contribution >= 0.6 is 0 Å². The molecule has 3 fully saturated rings. The van der Waals surface area contributed by atoms with Crippen molar-refractivity contribution in [3.8, 4) is 0 Å². The molecule has 5 nitrogen and oxygen atoms in total. The molecule has 1 amide bonds. The van der Waals surface area contributed by atoms with Crippen LogP contribution in [0.1, 0.15) is 37.2 Å². The van der Waals surface area contributed by atoms with E-state index in [0.717, 1.165) is 50.9 Å². The normalized spacial score (nSPS) is 30.5. The maximum Gasteiger partial charge on any atom is 0.225 e. The number of carbonyl (C=O) groups excluding carboxylic acids is 1. The van der Waals surface area contributed by atoms with Crippen molar-refractivity contribution >= 4 is 5.91 Å². The monoisotopic (exact) mass is 361 g/mol. The highest BCUT2D eigenvalue weighted by Gasteiger charge is 2.38. The molecular weight excluding hydrogens is 333 g/mol. The Bertz CT molecular complexity index is 618. The summed E-state index contributed by atoms with van der Waals surface area (Å²) in [5.41, 5.74) is 7.86. The lowest BCUT2D eigenvalue weighted by Crippen LogP contribution is -2.50. The van der Waals surface area contributed by atoms with Crippen LogP contribution in [0.5, 0.6) is 0 Å². The second kappa shape index (κ2) is 8.03. The van der Waals surface area contributed by atoms with Crippen LogP contribution in [0.3, 0.4) is 0 Å². The maximum absolute atomic E-state index is 13.3. The minimum absolute atomic E-state index is 0.130. The number of halogens is 1. The number of hydrazine groups is 1. The summed E-state index contributed by atoms with van der Waals surface area (Å²) >= 11 is 0. The molecule has 3 unspecified atom stereocenters. The molecule has 1 aromatic rings. The average Bonchev–Trinajstić information content (AvgIpc) is 3.19. The Labute approximate surface area is 154 Å². The topological polar surface area (TPSA) is 53.6 Å². The van der Waals surface area contributed by atoms with E-state index in [1.54, 1.807) is 0 Å². The van der Waals surface area contributed by atoms with Crippen molar-refractivity contribution in [2.75, 3.05) is 32.8 Å². The van der Waals surface area contributed by atoms with Crippen LogP contribution in [0, 0.1) is 17.7 Å². The van der Waals surface area contributed by atoms with E-state index in [9.17, 15) is 9.18 Å². The quantitative estimate of drug-likeness (QED) is 0.865. The van der Waals surface area contributed by atoms with Gasteiger partial charge in [0.25, 0.3) is 0 Å². The van der Waals surface area contributed by atoms with Crippen LogP contribution in [0.4, 0.5) is 4.39 Å². The first-order valence-corrected chi connectivity index (χ1v) is 9.83. The summed E-state index contributed by atoms with van der Waals surface area (Å²) in [4.78, 5) is 15.0. The summed E-state index contributed by atoms with van der Waals surface area (Å²) in [6.07, 6.45) is 3.87.